The molecule has 3 heterocycles. The third-order valence-electron chi connectivity index (χ3n) is 2.79. The number of fused-ring (bicyclic) bond motifs is 1. The number of aryl methyl sites for hydroxylation is 1. The number of nitrogens with zero attached hydrogens (tertiary/aromatic N) is 6. The van der Waals surface area contributed by atoms with Gasteiger partial charge in [-0.1, -0.05) is 29.9 Å². The Labute approximate surface area is 118 Å². The number of hydrogen-bond donors (Lipinski definition) is 0. The van der Waals surface area contributed by atoms with Crippen LogP contribution in [0.3, 0.4) is 0 Å². The van der Waals surface area contributed by atoms with Gasteiger partial charge in [0.1, 0.15) is 15.9 Å². The molecule has 19 heavy (non-hydrogen) atoms. The van der Waals surface area contributed by atoms with E-state index in [-0.39, 0.29) is 5.92 Å². The lowest BCUT2D eigenvalue weighted by Gasteiger charge is -2.04. The molecule has 8 heteroatoms. The highest BCUT2D eigenvalue weighted by Crippen LogP contribution is 2.30. The summed E-state index contributed by atoms with van der Waals surface area (Å²) in [5.74, 6) is 1.74. The predicted molar refractivity (Wildman–Crippen MR) is 73.5 cm³/mol. The number of halogens is 1. The van der Waals surface area contributed by atoms with E-state index >= 15 is 0 Å². The third kappa shape index (κ3) is 1.98. The molecule has 3 aromatic heterocycles. The van der Waals surface area contributed by atoms with Crippen molar-refractivity contribution in [1.29, 1.82) is 0 Å². The molecule has 0 radical (unpaired) electrons. The highest BCUT2D eigenvalue weighted by molar-refractivity contribution is 7.09. The summed E-state index contributed by atoms with van der Waals surface area (Å²) < 4.78 is 5.89. The average Bonchev–Trinajstić information content (AvgIpc) is 2.92. The maximum atomic E-state index is 5.93. The van der Waals surface area contributed by atoms with Crippen LogP contribution in [0, 0.1) is 6.92 Å². The van der Waals surface area contributed by atoms with Crippen LogP contribution in [0.2, 0.25) is 5.15 Å². The highest BCUT2D eigenvalue weighted by Gasteiger charge is 2.20. The molecule has 0 aliphatic rings. The summed E-state index contributed by atoms with van der Waals surface area (Å²) in [4.78, 5) is 5.16. The SMILES string of the molecule is Cc1nc(Cl)cc2nnc(-c3snnc3C(C)C)n12. The molecule has 0 N–H and O–H groups in total. The molecule has 0 saturated heterocycles. The van der Waals surface area contributed by atoms with Gasteiger partial charge in [0, 0.05) is 6.07 Å². The summed E-state index contributed by atoms with van der Waals surface area (Å²) in [6, 6.07) is 1.69. The predicted octanol–water partition coefficient (Wildman–Crippen LogP) is 2.73. The fraction of sp³-hybridized carbons (Fsp3) is 0.364. The summed E-state index contributed by atoms with van der Waals surface area (Å²) in [7, 11) is 0. The largest absolute Gasteiger partial charge is 0.262 e. The quantitative estimate of drug-likeness (QED) is 0.680. The van der Waals surface area contributed by atoms with Crippen molar-refractivity contribution in [3.8, 4) is 10.7 Å². The van der Waals surface area contributed by atoms with E-state index in [0.717, 1.165) is 22.2 Å². The topological polar surface area (TPSA) is 68.9 Å². The molecule has 0 fully saturated rings. The van der Waals surface area contributed by atoms with Gasteiger partial charge < -0.3 is 0 Å². The fourth-order valence-corrected chi connectivity index (χ4v) is 2.94. The van der Waals surface area contributed by atoms with Gasteiger partial charge in [0.05, 0.1) is 5.69 Å². The van der Waals surface area contributed by atoms with Crippen LogP contribution in [0.4, 0.5) is 0 Å². The summed E-state index contributed by atoms with van der Waals surface area (Å²) in [6.45, 7) is 6.02. The molecule has 0 atom stereocenters. The maximum Gasteiger partial charge on any atom is 0.183 e. The van der Waals surface area contributed by atoms with Crippen molar-refractivity contribution in [3.05, 3.63) is 22.7 Å². The number of hydrogen-bond acceptors (Lipinski definition) is 6. The van der Waals surface area contributed by atoms with Gasteiger partial charge in [-0.3, -0.25) is 4.40 Å². The number of rotatable bonds is 2. The lowest BCUT2D eigenvalue weighted by molar-refractivity contribution is 0.811. The van der Waals surface area contributed by atoms with Crippen LogP contribution in [0.5, 0.6) is 0 Å². The molecule has 0 unspecified atom stereocenters. The molecule has 3 aromatic rings. The third-order valence-corrected chi connectivity index (χ3v) is 3.72. The second kappa shape index (κ2) is 4.50. The Morgan fingerprint density at radius 3 is 2.79 bits per heavy atom. The van der Waals surface area contributed by atoms with Gasteiger partial charge in [-0.05, 0) is 24.4 Å². The molecule has 3 rings (SSSR count). The molecule has 6 nitrogen and oxygen atoms in total. The molecule has 0 spiro atoms. The van der Waals surface area contributed by atoms with Crippen molar-refractivity contribution in [2.24, 2.45) is 0 Å². The van der Waals surface area contributed by atoms with Crippen LogP contribution in [0.1, 0.15) is 31.3 Å². The van der Waals surface area contributed by atoms with Gasteiger partial charge in [0.2, 0.25) is 0 Å². The second-order valence-corrected chi connectivity index (χ2v) is 5.63. The van der Waals surface area contributed by atoms with Crippen molar-refractivity contribution in [2.45, 2.75) is 26.7 Å². The van der Waals surface area contributed by atoms with E-state index in [1.54, 1.807) is 6.07 Å². The number of aromatic nitrogens is 6. The molecule has 0 bridgehead atoms. The minimum Gasteiger partial charge on any atom is -0.262 e. The Bertz CT molecular complexity index is 747. The Balaban J connectivity index is 2.29. The van der Waals surface area contributed by atoms with Gasteiger partial charge in [0.15, 0.2) is 11.5 Å². The molecule has 0 aliphatic heterocycles. The summed E-state index contributed by atoms with van der Waals surface area (Å²) >= 11 is 7.24. The standard InChI is InChI=1S/C11H11ClN6S/c1-5(2)9-10(19-17-15-9)11-16-14-8-4-7(12)13-6(3)18(8)11/h4-5H,1-3H3. The second-order valence-electron chi connectivity index (χ2n) is 4.49. The normalized spacial score (nSPS) is 11.6. The fourth-order valence-electron chi connectivity index (χ4n) is 1.93. The summed E-state index contributed by atoms with van der Waals surface area (Å²) in [6.07, 6.45) is 0. The van der Waals surface area contributed by atoms with Gasteiger partial charge in [-0.2, -0.15) is 0 Å². The minimum absolute atomic E-state index is 0.279. The van der Waals surface area contributed by atoms with E-state index in [4.69, 9.17) is 11.6 Å². The van der Waals surface area contributed by atoms with E-state index in [1.165, 1.54) is 11.5 Å². The van der Waals surface area contributed by atoms with Crippen molar-refractivity contribution < 1.29 is 0 Å². The Hall–Kier alpha value is -1.60. The first kappa shape index (κ1) is 12.4. The summed E-state index contributed by atoms with van der Waals surface area (Å²) in [5.41, 5.74) is 1.60. The zero-order valence-corrected chi connectivity index (χ0v) is 12.2. The smallest absolute Gasteiger partial charge is 0.183 e. The van der Waals surface area contributed by atoms with Gasteiger partial charge >= 0.3 is 0 Å². The molecule has 98 valence electrons. The van der Waals surface area contributed by atoms with E-state index < -0.39 is 0 Å². The van der Waals surface area contributed by atoms with Crippen molar-refractivity contribution in [1.82, 2.24) is 29.2 Å². The first-order chi connectivity index (χ1) is 9.08. The monoisotopic (exact) mass is 294 g/mol. The van der Waals surface area contributed by atoms with Gasteiger partial charge in [0.25, 0.3) is 0 Å². The van der Waals surface area contributed by atoms with E-state index in [9.17, 15) is 0 Å². The Kier molecular flexibility index (Phi) is 2.94. The summed E-state index contributed by atoms with van der Waals surface area (Å²) in [5, 5.41) is 12.9. The minimum atomic E-state index is 0.279. The zero-order chi connectivity index (χ0) is 13.6. The van der Waals surface area contributed by atoms with Crippen LogP contribution < -0.4 is 0 Å². The zero-order valence-electron chi connectivity index (χ0n) is 10.6. The molecular weight excluding hydrogens is 284 g/mol. The van der Waals surface area contributed by atoms with E-state index in [1.807, 2.05) is 11.3 Å². The van der Waals surface area contributed by atoms with Crippen molar-refractivity contribution >= 4 is 28.8 Å². The first-order valence-electron chi connectivity index (χ1n) is 5.79. The van der Waals surface area contributed by atoms with Crippen LogP contribution in [-0.2, 0) is 0 Å². The van der Waals surface area contributed by atoms with Crippen LogP contribution in [-0.4, -0.2) is 29.2 Å². The molecule has 0 amide bonds. The van der Waals surface area contributed by atoms with E-state index in [2.05, 4.69) is 38.6 Å². The molecule has 0 saturated carbocycles. The Morgan fingerprint density at radius 2 is 2.05 bits per heavy atom. The van der Waals surface area contributed by atoms with Crippen LogP contribution >= 0.6 is 23.1 Å². The molecule has 0 aromatic carbocycles. The maximum absolute atomic E-state index is 5.93. The highest BCUT2D eigenvalue weighted by atomic mass is 35.5. The van der Waals surface area contributed by atoms with Crippen LogP contribution in [0.25, 0.3) is 16.3 Å². The van der Waals surface area contributed by atoms with Gasteiger partial charge in [-0.15, -0.1) is 15.3 Å². The molecule has 0 aliphatic carbocycles. The Morgan fingerprint density at radius 1 is 1.26 bits per heavy atom. The van der Waals surface area contributed by atoms with Crippen molar-refractivity contribution in [3.63, 3.8) is 0 Å². The van der Waals surface area contributed by atoms with Gasteiger partial charge in [-0.25, -0.2) is 4.98 Å². The molecular formula is C11H11ClN6S. The van der Waals surface area contributed by atoms with E-state index in [0.29, 0.717) is 10.8 Å². The van der Waals surface area contributed by atoms with Crippen molar-refractivity contribution in [2.75, 3.05) is 0 Å². The van der Waals surface area contributed by atoms with Crippen LogP contribution in [0.15, 0.2) is 6.07 Å². The first-order valence-corrected chi connectivity index (χ1v) is 6.94. The lowest BCUT2D eigenvalue weighted by atomic mass is 10.1. The average molecular weight is 295 g/mol. The lowest BCUT2D eigenvalue weighted by Crippen LogP contribution is -1.99.